The molecule has 0 aliphatic carbocycles. The van der Waals surface area contributed by atoms with E-state index in [0.29, 0.717) is 19.6 Å². The minimum atomic E-state index is -3.70. The molecule has 0 amide bonds. The van der Waals surface area contributed by atoms with E-state index in [9.17, 15) is 13.2 Å². The Bertz CT molecular complexity index is 568. The highest BCUT2D eigenvalue weighted by Gasteiger charge is 2.19. The Morgan fingerprint density at radius 3 is 2.70 bits per heavy atom. The molecule has 0 saturated carbocycles. The predicted octanol–water partition coefficient (Wildman–Crippen LogP) is 1.40. The van der Waals surface area contributed by atoms with E-state index in [1.807, 2.05) is 6.92 Å². The lowest BCUT2D eigenvalue weighted by atomic mass is 10.1. The van der Waals surface area contributed by atoms with Crippen LogP contribution in [0, 0.1) is 6.92 Å². The number of benzene rings is 1. The first-order chi connectivity index (χ1) is 9.40. The van der Waals surface area contributed by atoms with Crippen molar-refractivity contribution in [2.75, 3.05) is 19.8 Å². The van der Waals surface area contributed by atoms with Gasteiger partial charge in [-0.25, -0.2) is 17.9 Å². The van der Waals surface area contributed by atoms with Crippen LogP contribution in [-0.4, -0.2) is 39.3 Å². The van der Waals surface area contributed by atoms with E-state index in [4.69, 9.17) is 9.84 Å². The second-order valence-corrected chi connectivity index (χ2v) is 5.92. The summed E-state index contributed by atoms with van der Waals surface area (Å²) in [7, 11) is -3.70. The average molecular weight is 301 g/mol. The molecule has 1 rings (SSSR count). The van der Waals surface area contributed by atoms with Crippen LogP contribution in [0.15, 0.2) is 23.1 Å². The summed E-state index contributed by atoms with van der Waals surface area (Å²) >= 11 is 0. The van der Waals surface area contributed by atoms with Gasteiger partial charge in [-0.1, -0.05) is 6.07 Å². The fourth-order valence-corrected chi connectivity index (χ4v) is 3.08. The third kappa shape index (κ3) is 4.29. The van der Waals surface area contributed by atoms with E-state index in [-0.39, 0.29) is 22.6 Å². The minimum absolute atomic E-state index is 0.00573. The maximum absolute atomic E-state index is 12.1. The van der Waals surface area contributed by atoms with E-state index < -0.39 is 16.0 Å². The molecule has 0 radical (unpaired) electrons. The zero-order valence-electron chi connectivity index (χ0n) is 11.5. The van der Waals surface area contributed by atoms with Crippen molar-refractivity contribution in [3.8, 4) is 0 Å². The lowest BCUT2D eigenvalue weighted by Crippen LogP contribution is -2.26. The summed E-state index contributed by atoms with van der Waals surface area (Å²) in [4.78, 5) is 11.0. The van der Waals surface area contributed by atoms with Crippen molar-refractivity contribution >= 4 is 16.0 Å². The van der Waals surface area contributed by atoms with Gasteiger partial charge in [0.1, 0.15) is 0 Å². The van der Waals surface area contributed by atoms with Crippen molar-refractivity contribution in [2.45, 2.75) is 25.2 Å². The molecule has 1 aromatic rings. The van der Waals surface area contributed by atoms with Crippen LogP contribution in [0.3, 0.4) is 0 Å². The Morgan fingerprint density at radius 1 is 1.40 bits per heavy atom. The van der Waals surface area contributed by atoms with Crippen molar-refractivity contribution in [1.82, 2.24) is 4.72 Å². The highest BCUT2D eigenvalue weighted by atomic mass is 32.2. The second-order valence-electron chi connectivity index (χ2n) is 4.18. The van der Waals surface area contributed by atoms with Crippen LogP contribution in [0.1, 0.15) is 29.3 Å². The lowest BCUT2D eigenvalue weighted by molar-refractivity contribution is 0.0696. The number of hydrogen-bond donors (Lipinski definition) is 2. The third-order valence-corrected chi connectivity index (χ3v) is 4.37. The zero-order chi connectivity index (χ0) is 15.2. The first-order valence-electron chi connectivity index (χ1n) is 6.30. The van der Waals surface area contributed by atoms with Gasteiger partial charge in [-0.2, -0.15) is 0 Å². The number of hydrogen-bond acceptors (Lipinski definition) is 4. The molecule has 0 saturated heterocycles. The minimum Gasteiger partial charge on any atom is -0.478 e. The van der Waals surface area contributed by atoms with Gasteiger partial charge in [0.15, 0.2) is 0 Å². The number of carbonyl (C=O) groups is 1. The smallest absolute Gasteiger partial charge is 0.335 e. The molecular formula is C13H19NO5S. The molecular weight excluding hydrogens is 282 g/mol. The molecule has 0 heterocycles. The second kappa shape index (κ2) is 7.37. The van der Waals surface area contributed by atoms with Crippen molar-refractivity contribution in [3.63, 3.8) is 0 Å². The Labute approximate surface area is 118 Å². The van der Waals surface area contributed by atoms with Gasteiger partial charge in [-0.05, 0) is 38.0 Å². The molecule has 0 bridgehead atoms. The number of ether oxygens (including phenoxy) is 1. The largest absolute Gasteiger partial charge is 0.478 e. The molecule has 0 spiro atoms. The molecule has 7 heteroatoms. The van der Waals surface area contributed by atoms with Gasteiger partial charge in [0.05, 0.1) is 10.5 Å². The molecule has 0 unspecified atom stereocenters. The van der Waals surface area contributed by atoms with Crippen molar-refractivity contribution in [3.05, 3.63) is 29.3 Å². The van der Waals surface area contributed by atoms with Gasteiger partial charge >= 0.3 is 5.97 Å². The van der Waals surface area contributed by atoms with Crippen LogP contribution >= 0.6 is 0 Å². The van der Waals surface area contributed by atoms with Crippen LogP contribution in [0.5, 0.6) is 0 Å². The van der Waals surface area contributed by atoms with E-state index >= 15 is 0 Å². The highest BCUT2D eigenvalue weighted by Crippen LogP contribution is 2.18. The van der Waals surface area contributed by atoms with E-state index in [1.165, 1.54) is 25.1 Å². The van der Waals surface area contributed by atoms with Crippen LogP contribution in [-0.2, 0) is 14.8 Å². The molecule has 0 aliphatic rings. The molecule has 0 aliphatic heterocycles. The quantitative estimate of drug-likeness (QED) is 0.708. The van der Waals surface area contributed by atoms with Crippen molar-refractivity contribution < 1.29 is 23.1 Å². The summed E-state index contributed by atoms with van der Waals surface area (Å²) in [5.74, 6) is -1.14. The van der Waals surface area contributed by atoms with Gasteiger partial charge in [-0.15, -0.1) is 0 Å². The summed E-state index contributed by atoms with van der Waals surface area (Å²) in [6, 6.07) is 4.20. The Balaban J connectivity index is 2.83. The topological polar surface area (TPSA) is 92.7 Å². The summed E-state index contributed by atoms with van der Waals surface area (Å²) in [6.45, 7) is 4.67. The summed E-state index contributed by atoms with van der Waals surface area (Å²) < 4.78 is 31.8. The van der Waals surface area contributed by atoms with Crippen LogP contribution in [0.4, 0.5) is 0 Å². The fraction of sp³-hybridized carbons (Fsp3) is 0.462. The van der Waals surface area contributed by atoms with Crippen molar-refractivity contribution in [1.29, 1.82) is 0 Å². The van der Waals surface area contributed by atoms with Crippen LogP contribution in [0.2, 0.25) is 0 Å². The zero-order valence-corrected chi connectivity index (χ0v) is 12.4. The number of carboxylic acids is 1. The Kier molecular flexibility index (Phi) is 6.12. The predicted molar refractivity (Wildman–Crippen MR) is 74.4 cm³/mol. The Morgan fingerprint density at radius 2 is 2.10 bits per heavy atom. The molecule has 1 aromatic carbocycles. The molecule has 20 heavy (non-hydrogen) atoms. The summed E-state index contributed by atoms with van der Waals surface area (Å²) in [5, 5.41) is 9.00. The van der Waals surface area contributed by atoms with Gasteiger partial charge < -0.3 is 9.84 Å². The molecule has 0 atom stereocenters. The average Bonchev–Trinajstić information content (AvgIpc) is 2.38. The van der Waals surface area contributed by atoms with Gasteiger partial charge in [0.25, 0.3) is 0 Å². The Hall–Kier alpha value is -1.44. The fourth-order valence-electron chi connectivity index (χ4n) is 1.74. The standard InChI is InChI=1S/C13H19NO5S/c1-3-19-9-5-8-14-20(17,18)12-7-4-6-11(10(12)2)13(15)16/h4,6-7,14H,3,5,8-9H2,1-2H3,(H,15,16). The number of carboxylic acid groups (broad SMARTS) is 1. The number of nitrogens with one attached hydrogen (secondary N) is 1. The molecule has 112 valence electrons. The van der Waals surface area contributed by atoms with Crippen LogP contribution < -0.4 is 4.72 Å². The number of rotatable bonds is 8. The lowest BCUT2D eigenvalue weighted by Gasteiger charge is -2.11. The van der Waals surface area contributed by atoms with Crippen LogP contribution in [0.25, 0.3) is 0 Å². The van der Waals surface area contributed by atoms with Crippen molar-refractivity contribution in [2.24, 2.45) is 0 Å². The monoisotopic (exact) mass is 301 g/mol. The molecule has 2 N–H and O–H groups in total. The number of sulfonamides is 1. The molecule has 0 aromatic heterocycles. The van der Waals surface area contributed by atoms with Gasteiger partial charge in [-0.3, -0.25) is 0 Å². The van der Waals surface area contributed by atoms with Gasteiger partial charge in [0.2, 0.25) is 10.0 Å². The third-order valence-electron chi connectivity index (χ3n) is 2.77. The molecule has 0 fully saturated rings. The normalized spacial score (nSPS) is 11.5. The van der Waals surface area contributed by atoms with E-state index in [1.54, 1.807) is 0 Å². The highest BCUT2D eigenvalue weighted by molar-refractivity contribution is 7.89. The summed E-state index contributed by atoms with van der Waals surface area (Å²) in [6.07, 6.45) is 0.560. The summed E-state index contributed by atoms with van der Waals surface area (Å²) in [5.41, 5.74) is 0.222. The maximum atomic E-state index is 12.1. The number of aromatic carboxylic acids is 1. The first-order valence-corrected chi connectivity index (χ1v) is 7.78. The first kappa shape index (κ1) is 16.6. The van der Waals surface area contributed by atoms with Gasteiger partial charge in [0, 0.05) is 19.8 Å². The molecule has 6 nitrogen and oxygen atoms in total. The van der Waals surface area contributed by atoms with E-state index in [2.05, 4.69) is 4.72 Å². The maximum Gasteiger partial charge on any atom is 0.335 e. The van der Waals surface area contributed by atoms with E-state index in [0.717, 1.165) is 0 Å². The SMILES string of the molecule is CCOCCCNS(=O)(=O)c1cccc(C(=O)O)c1C.